The zero-order valence-electron chi connectivity index (χ0n) is 33.3. The molecule has 0 aromatic heterocycles. The molecule has 2 aliphatic rings. The van der Waals surface area contributed by atoms with Gasteiger partial charge in [-0.1, -0.05) is 208 Å². The lowest BCUT2D eigenvalue weighted by atomic mass is 9.67. The first-order valence-corrected chi connectivity index (χ1v) is 20.7. The zero-order valence-corrected chi connectivity index (χ0v) is 33.3. The Labute approximate surface area is 347 Å². The lowest BCUT2D eigenvalue weighted by molar-refractivity contribution is 0.660. The largest absolute Gasteiger partial charge is 0.309 e. The van der Waals surface area contributed by atoms with Gasteiger partial charge in [-0.2, -0.15) is 0 Å². The summed E-state index contributed by atoms with van der Waals surface area (Å²) in [6.07, 6.45) is 0. The van der Waals surface area contributed by atoms with Crippen LogP contribution in [0, 0.1) is 0 Å². The van der Waals surface area contributed by atoms with Crippen LogP contribution in [0.15, 0.2) is 224 Å². The molecule has 0 N–H and O–H groups in total. The van der Waals surface area contributed by atoms with Gasteiger partial charge in [0.05, 0.1) is 16.8 Å². The monoisotopic (exact) mass is 753 g/mol. The highest BCUT2D eigenvalue weighted by molar-refractivity contribution is 5.96. The summed E-state index contributed by atoms with van der Waals surface area (Å²) < 4.78 is 0. The van der Waals surface area contributed by atoms with Crippen molar-refractivity contribution in [3.63, 3.8) is 0 Å². The molecule has 0 saturated carbocycles. The van der Waals surface area contributed by atoms with Gasteiger partial charge in [0.15, 0.2) is 0 Å². The first kappa shape index (κ1) is 35.0. The number of rotatable bonds is 7. The third-order valence-electron chi connectivity index (χ3n) is 13.0. The Morgan fingerprint density at radius 1 is 0.305 bits per heavy atom. The van der Waals surface area contributed by atoms with Gasteiger partial charge >= 0.3 is 0 Å². The van der Waals surface area contributed by atoms with Crippen molar-refractivity contribution in [1.29, 1.82) is 0 Å². The van der Waals surface area contributed by atoms with Crippen LogP contribution in [0.3, 0.4) is 0 Å². The Morgan fingerprint density at radius 3 is 1.37 bits per heavy atom. The molecule has 0 atom stereocenters. The minimum absolute atomic E-state index is 0.140. The summed E-state index contributed by atoms with van der Waals surface area (Å²) >= 11 is 0. The molecule has 9 aromatic rings. The van der Waals surface area contributed by atoms with Gasteiger partial charge in [0.1, 0.15) is 0 Å². The van der Waals surface area contributed by atoms with E-state index in [1.165, 1.54) is 77.9 Å². The molecule has 280 valence electrons. The SMILES string of the molecule is CC1(C)c2ccccc2-c2ccc(N(c3ccccc3-c3ccccc3)c3ccccc3-c3ccc4c(c3)C(c3ccccc3)(c3ccccc3)c3ccccc3-4)cc21. The Kier molecular flexibility index (Phi) is 8.13. The van der Waals surface area contributed by atoms with Crippen LogP contribution in [-0.2, 0) is 10.8 Å². The summed E-state index contributed by atoms with van der Waals surface area (Å²) in [5.74, 6) is 0. The molecule has 0 bridgehead atoms. The van der Waals surface area contributed by atoms with Gasteiger partial charge in [0, 0.05) is 22.2 Å². The van der Waals surface area contributed by atoms with Crippen LogP contribution >= 0.6 is 0 Å². The highest BCUT2D eigenvalue weighted by Crippen LogP contribution is 2.58. The minimum Gasteiger partial charge on any atom is -0.309 e. The predicted molar refractivity (Wildman–Crippen MR) is 247 cm³/mol. The fraction of sp³-hybridized carbons (Fsp3) is 0.0690. The topological polar surface area (TPSA) is 3.24 Å². The van der Waals surface area contributed by atoms with Crippen molar-refractivity contribution in [2.24, 2.45) is 0 Å². The lowest BCUT2D eigenvalue weighted by Crippen LogP contribution is -2.28. The number of benzene rings is 9. The van der Waals surface area contributed by atoms with E-state index in [0.29, 0.717) is 0 Å². The second-order valence-corrected chi connectivity index (χ2v) is 16.4. The van der Waals surface area contributed by atoms with Crippen molar-refractivity contribution in [2.45, 2.75) is 24.7 Å². The maximum Gasteiger partial charge on any atom is 0.0713 e. The van der Waals surface area contributed by atoms with Crippen molar-refractivity contribution in [1.82, 2.24) is 0 Å². The average Bonchev–Trinajstić information content (AvgIpc) is 3.73. The Balaban J connectivity index is 1.16. The first-order valence-electron chi connectivity index (χ1n) is 20.7. The molecule has 11 rings (SSSR count). The predicted octanol–water partition coefficient (Wildman–Crippen LogP) is 15.2. The standard InChI is InChI=1S/C58H43N/c1-57(2)51-30-16-12-28-47(51)49-37-35-44(39-53(49)57)59(55-32-18-14-26-45(55)40-20-6-3-7-21-40)56-33-19-15-27-46(56)41-34-36-50-48-29-13-17-31-52(48)58(54(50)38-41,42-22-8-4-9-23-42)43-24-10-5-11-25-43/h3-39H,1-2H3. The molecule has 0 unspecified atom stereocenters. The number of anilines is 3. The van der Waals surface area contributed by atoms with Crippen LogP contribution in [-0.4, -0.2) is 0 Å². The van der Waals surface area contributed by atoms with Gasteiger partial charge in [-0.3, -0.25) is 0 Å². The number of nitrogens with zero attached hydrogens (tertiary/aromatic N) is 1. The fourth-order valence-corrected chi connectivity index (χ4v) is 10.3. The maximum absolute atomic E-state index is 2.50. The van der Waals surface area contributed by atoms with Gasteiger partial charge in [-0.25, -0.2) is 0 Å². The molecule has 0 heterocycles. The molecular weight excluding hydrogens is 711 g/mol. The van der Waals surface area contributed by atoms with E-state index >= 15 is 0 Å². The van der Waals surface area contributed by atoms with E-state index in [9.17, 15) is 0 Å². The van der Waals surface area contributed by atoms with Gasteiger partial charge in [0.2, 0.25) is 0 Å². The number of para-hydroxylation sites is 2. The Bertz CT molecular complexity index is 2970. The zero-order chi connectivity index (χ0) is 39.6. The van der Waals surface area contributed by atoms with Crippen molar-refractivity contribution in [3.8, 4) is 44.5 Å². The van der Waals surface area contributed by atoms with E-state index in [1.807, 2.05) is 0 Å². The molecule has 9 aromatic carbocycles. The number of hydrogen-bond acceptors (Lipinski definition) is 1. The average molecular weight is 754 g/mol. The molecule has 1 nitrogen and oxygen atoms in total. The van der Waals surface area contributed by atoms with E-state index in [4.69, 9.17) is 0 Å². The van der Waals surface area contributed by atoms with Gasteiger partial charge in [0.25, 0.3) is 0 Å². The van der Waals surface area contributed by atoms with Crippen LogP contribution in [0.2, 0.25) is 0 Å². The summed E-state index contributed by atoms with van der Waals surface area (Å²) in [6.45, 7) is 4.73. The normalized spacial score (nSPS) is 13.9. The van der Waals surface area contributed by atoms with Gasteiger partial charge in [-0.15, -0.1) is 0 Å². The molecular formula is C58H43N. The number of hydrogen-bond donors (Lipinski definition) is 0. The van der Waals surface area contributed by atoms with Crippen LogP contribution in [0.25, 0.3) is 44.5 Å². The summed E-state index contributed by atoms with van der Waals surface area (Å²) in [6, 6.07) is 83.0. The van der Waals surface area contributed by atoms with E-state index in [-0.39, 0.29) is 5.41 Å². The highest BCUT2D eigenvalue weighted by Gasteiger charge is 2.46. The smallest absolute Gasteiger partial charge is 0.0713 e. The molecule has 0 spiro atoms. The molecule has 0 amide bonds. The van der Waals surface area contributed by atoms with Crippen molar-refractivity contribution in [3.05, 3.63) is 258 Å². The molecule has 0 aliphatic heterocycles. The van der Waals surface area contributed by atoms with Crippen LogP contribution < -0.4 is 4.90 Å². The third kappa shape index (κ3) is 5.31. The molecule has 0 saturated heterocycles. The third-order valence-corrected chi connectivity index (χ3v) is 13.0. The molecule has 0 fully saturated rings. The number of fused-ring (bicyclic) bond motifs is 6. The summed E-state index contributed by atoms with van der Waals surface area (Å²) in [4.78, 5) is 2.50. The van der Waals surface area contributed by atoms with E-state index in [1.54, 1.807) is 0 Å². The van der Waals surface area contributed by atoms with Crippen molar-refractivity contribution < 1.29 is 0 Å². The molecule has 59 heavy (non-hydrogen) atoms. The minimum atomic E-state index is -0.487. The maximum atomic E-state index is 2.50. The second kappa shape index (κ2) is 13.7. The van der Waals surface area contributed by atoms with Crippen LogP contribution in [0.4, 0.5) is 17.1 Å². The molecule has 0 radical (unpaired) electrons. The highest BCUT2D eigenvalue weighted by atomic mass is 15.1. The second-order valence-electron chi connectivity index (χ2n) is 16.4. The van der Waals surface area contributed by atoms with Gasteiger partial charge in [-0.05, 0) is 97.1 Å². The lowest BCUT2D eigenvalue weighted by Gasteiger charge is -2.34. The first-order chi connectivity index (χ1) is 29.0. The van der Waals surface area contributed by atoms with Crippen LogP contribution in [0.1, 0.15) is 47.2 Å². The van der Waals surface area contributed by atoms with E-state index in [0.717, 1.165) is 17.1 Å². The quantitative estimate of drug-likeness (QED) is 0.157. The van der Waals surface area contributed by atoms with E-state index in [2.05, 4.69) is 243 Å². The molecule has 1 heteroatoms. The summed E-state index contributed by atoms with van der Waals surface area (Å²) in [7, 11) is 0. The van der Waals surface area contributed by atoms with E-state index < -0.39 is 5.41 Å². The molecule has 2 aliphatic carbocycles. The summed E-state index contributed by atoms with van der Waals surface area (Å²) in [5, 5.41) is 0. The Hall–Kier alpha value is -7.22. The van der Waals surface area contributed by atoms with Gasteiger partial charge < -0.3 is 4.90 Å². The van der Waals surface area contributed by atoms with Crippen LogP contribution in [0.5, 0.6) is 0 Å². The fourth-order valence-electron chi connectivity index (χ4n) is 10.3. The Morgan fingerprint density at radius 2 is 0.746 bits per heavy atom. The van der Waals surface area contributed by atoms with Crippen molar-refractivity contribution in [2.75, 3.05) is 4.90 Å². The van der Waals surface area contributed by atoms with Crippen molar-refractivity contribution >= 4 is 17.1 Å². The summed E-state index contributed by atoms with van der Waals surface area (Å²) in [5.41, 5.74) is 20.6.